The Morgan fingerprint density at radius 3 is 2.45 bits per heavy atom. The Balaban J connectivity index is 1.78. The molecule has 1 fully saturated rings. The molecule has 31 heavy (non-hydrogen) atoms. The molecule has 0 spiro atoms. The summed E-state index contributed by atoms with van der Waals surface area (Å²) in [6.07, 6.45) is -1.31. The van der Waals surface area contributed by atoms with Gasteiger partial charge in [0.1, 0.15) is 23.1 Å². The summed E-state index contributed by atoms with van der Waals surface area (Å²) in [6.45, 7) is 0.117. The van der Waals surface area contributed by atoms with E-state index in [0.717, 1.165) is 23.8 Å². The molecule has 0 radical (unpaired) electrons. The van der Waals surface area contributed by atoms with Gasteiger partial charge in [-0.3, -0.25) is 0 Å². The molecule has 8 nitrogen and oxygen atoms in total. The molecule has 2 aromatic carbocycles. The molecule has 2 aromatic rings. The molecular weight excluding hydrogens is 412 g/mol. The van der Waals surface area contributed by atoms with E-state index in [2.05, 4.69) is 10.0 Å². The Morgan fingerprint density at radius 2 is 1.84 bits per heavy atom. The van der Waals surface area contributed by atoms with Gasteiger partial charge < -0.3 is 23.7 Å². The highest BCUT2D eigenvalue weighted by Gasteiger charge is 2.33. The quantitative estimate of drug-likeness (QED) is 0.344. The van der Waals surface area contributed by atoms with Gasteiger partial charge in [-0.05, 0) is 17.7 Å². The number of hydrogen-bond acceptors (Lipinski definition) is 6. The molecule has 10 heteroatoms. The van der Waals surface area contributed by atoms with Crippen LogP contribution >= 0.6 is 0 Å². The van der Waals surface area contributed by atoms with Gasteiger partial charge in [-0.2, -0.15) is 0 Å². The minimum atomic E-state index is -0.795. The number of methoxy groups -OCH3 is 2. The van der Waals surface area contributed by atoms with Crippen LogP contribution in [0.3, 0.4) is 0 Å². The van der Waals surface area contributed by atoms with Crippen LogP contribution in [0.25, 0.3) is 10.4 Å². The minimum absolute atomic E-state index is 0.0180. The SMILES string of the molecule is COc1ccc(C2OC[C@H](OC)C[C@@H](C(COc3cc(F)cc(F)c3)N=[N+]=[N-])O2)cc1. The van der Waals surface area contributed by atoms with Crippen LogP contribution in [0, 0.1) is 11.6 Å². The molecule has 0 aromatic heterocycles. The summed E-state index contributed by atoms with van der Waals surface area (Å²) in [4.78, 5) is 2.88. The lowest BCUT2D eigenvalue weighted by Crippen LogP contribution is -2.35. The van der Waals surface area contributed by atoms with Crippen LogP contribution in [-0.2, 0) is 14.2 Å². The van der Waals surface area contributed by atoms with E-state index >= 15 is 0 Å². The molecule has 0 saturated carbocycles. The Morgan fingerprint density at radius 1 is 1.13 bits per heavy atom. The molecular formula is C21H23F2N3O5. The number of azide groups is 1. The number of ether oxygens (including phenoxy) is 5. The van der Waals surface area contributed by atoms with Gasteiger partial charge in [0.15, 0.2) is 6.29 Å². The lowest BCUT2D eigenvalue weighted by Gasteiger charge is -2.26. The van der Waals surface area contributed by atoms with E-state index in [4.69, 9.17) is 29.2 Å². The van der Waals surface area contributed by atoms with Crippen molar-refractivity contribution < 1.29 is 32.5 Å². The van der Waals surface area contributed by atoms with E-state index in [-0.39, 0.29) is 25.1 Å². The molecule has 0 amide bonds. The van der Waals surface area contributed by atoms with E-state index in [1.807, 2.05) is 12.1 Å². The van der Waals surface area contributed by atoms with Crippen molar-refractivity contribution in [2.45, 2.75) is 31.0 Å². The zero-order chi connectivity index (χ0) is 22.2. The fraction of sp³-hybridized carbons (Fsp3) is 0.429. The van der Waals surface area contributed by atoms with Crippen molar-refractivity contribution in [3.63, 3.8) is 0 Å². The van der Waals surface area contributed by atoms with E-state index in [1.54, 1.807) is 26.4 Å². The molecule has 0 N–H and O–H groups in total. The molecule has 4 atom stereocenters. The van der Waals surface area contributed by atoms with Crippen LogP contribution in [0.5, 0.6) is 11.5 Å². The van der Waals surface area contributed by atoms with Crippen LogP contribution in [0.4, 0.5) is 8.78 Å². The van der Waals surface area contributed by atoms with Crippen molar-refractivity contribution in [2.24, 2.45) is 5.11 Å². The lowest BCUT2D eigenvalue weighted by atomic mass is 10.1. The van der Waals surface area contributed by atoms with Crippen LogP contribution in [0.15, 0.2) is 47.6 Å². The van der Waals surface area contributed by atoms with E-state index in [1.165, 1.54) is 0 Å². The predicted octanol–water partition coefficient (Wildman–Crippen LogP) is 4.55. The highest BCUT2D eigenvalue weighted by Crippen LogP contribution is 2.30. The van der Waals surface area contributed by atoms with Crippen molar-refractivity contribution in [3.05, 3.63) is 70.1 Å². The maximum absolute atomic E-state index is 13.4. The molecule has 1 saturated heterocycles. The zero-order valence-corrected chi connectivity index (χ0v) is 17.1. The third-order valence-electron chi connectivity index (χ3n) is 4.83. The minimum Gasteiger partial charge on any atom is -0.497 e. The van der Waals surface area contributed by atoms with Crippen molar-refractivity contribution >= 4 is 0 Å². The number of rotatable bonds is 8. The topological polar surface area (TPSA) is 94.9 Å². The van der Waals surface area contributed by atoms with Crippen LogP contribution in [-0.4, -0.2) is 45.7 Å². The summed E-state index contributed by atoms with van der Waals surface area (Å²) < 4.78 is 54.9. The van der Waals surface area contributed by atoms with Crippen molar-refractivity contribution in [3.8, 4) is 11.5 Å². The first kappa shape index (κ1) is 22.8. The second-order valence-corrected chi connectivity index (χ2v) is 6.89. The Hall–Kier alpha value is -2.91. The van der Waals surface area contributed by atoms with Gasteiger partial charge in [0.05, 0.1) is 38.6 Å². The first-order valence-corrected chi connectivity index (χ1v) is 9.59. The van der Waals surface area contributed by atoms with Gasteiger partial charge in [-0.25, -0.2) is 8.78 Å². The smallest absolute Gasteiger partial charge is 0.184 e. The summed E-state index contributed by atoms with van der Waals surface area (Å²) in [6, 6.07) is 9.22. The summed E-state index contributed by atoms with van der Waals surface area (Å²) in [5, 5.41) is 3.79. The van der Waals surface area contributed by atoms with Gasteiger partial charge in [0, 0.05) is 42.2 Å². The van der Waals surface area contributed by atoms with Crippen LogP contribution < -0.4 is 9.47 Å². The van der Waals surface area contributed by atoms with Gasteiger partial charge in [-0.1, -0.05) is 17.2 Å². The Labute approximate surface area is 178 Å². The number of nitrogens with zero attached hydrogens (tertiary/aromatic N) is 3. The molecule has 3 rings (SSSR count). The van der Waals surface area contributed by atoms with E-state index in [0.29, 0.717) is 12.2 Å². The largest absolute Gasteiger partial charge is 0.497 e. The molecule has 0 aliphatic carbocycles. The zero-order valence-electron chi connectivity index (χ0n) is 17.1. The molecule has 1 aliphatic rings. The third-order valence-corrected chi connectivity index (χ3v) is 4.83. The van der Waals surface area contributed by atoms with Gasteiger partial charge in [0.2, 0.25) is 0 Å². The molecule has 1 heterocycles. The average molecular weight is 435 g/mol. The predicted molar refractivity (Wildman–Crippen MR) is 107 cm³/mol. The molecule has 166 valence electrons. The standard InChI is InChI=1S/C21H23F2N3O5/c1-27-16-5-3-13(4-6-16)21-30-11-18(28-2)10-20(31-21)19(25-26-24)12-29-17-8-14(22)7-15(23)9-17/h3-9,18-21H,10-12H2,1-2H3/t18-,19?,20+,21?/m1/s1. The maximum Gasteiger partial charge on any atom is 0.184 e. The summed E-state index contributed by atoms with van der Waals surface area (Å²) in [5.74, 6) is -0.871. The summed E-state index contributed by atoms with van der Waals surface area (Å²) >= 11 is 0. The normalized spacial score (nSPS) is 22.1. The van der Waals surface area contributed by atoms with Gasteiger partial charge in [0.25, 0.3) is 0 Å². The highest BCUT2D eigenvalue weighted by molar-refractivity contribution is 5.28. The monoisotopic (exact) mass is 435 g/mol. The summed E-state index contributed by atoms with van der Waals surface area (Å²) in [7, 11) is 3.12. The highest BCUT2D eigenvalue weighted by atomic mass is 19.1. The molecule has 1 aliphatic heterocycles. The number of benzene rings is 2. The van der Waals surface area contributed by atoms with Crippen molar-refractivity contribution in [1.82, 2.24) is 0 Å². The first-order valence-electron chi connectivity index (χ1n) is 9.59. The average Bonchev–Trinajstić information content (AvgIpc) is 2.99. The molecule has 2 unspecified atom stereocenters. The Bertz CT molecular complexity index is 888. The van der Waals surface area contributed by atoms with E-state index in [9.17, 15) is 8.78 Å². The maximum atomic E-state index is 13.4. The summed E-state index contributed by atoms with van der Waals surface area (Å²) in [5.41, 5.74) is 9.78. The fourth-order valence-corrected chi connectivity index (χ4v) is 3.20. The van der Waals surface area contributed by atoms with Crippen LogP contribution in [0.1, 0.15) is 18.3 Å². The second kappa shape index (κ2) is 10.9. The first-order chi connectivity index (χ1) is 15.0. The van der Waals surface area contributed by atoms with Crippen molar-refractivity contribution in [2.75, 3.05) is 27.4 Å². The lowest BCUT2D eigenvalue weighted by molar-refractivity contribution is -0.166. The second-order valence-electron chi connectivity index (χ2n) is 6.89. The van der Waals surface area contributed by atoms with Gasteiger partial charge >= 0.3 is 0 Å². The van der Waals surface area contributed by atoms with Gasteiger partial charge in [-0.15, -0.1) is 0 Å². The third kappa shape index (κ3) is 6.28. The number of halogens is 2. The fourth-order valence-electron chi connectivity index (χ4n) is 3.20. The van der Waals surface area contributed by atoms with E-state index < -0.39 is 30.1 Å². The van der Waals surface area contributed by atoms with Crippen molar-refractivity contribution in [1.29, 1.82) is 0 Å². The number of hydrogen-bond donors (Lipinski definition) is 0. The molecule has 0 bridgehead atoms. The van der Waals surface area contributed by atoms with Crippen LogP contribution in [0.2, 0.25) is 0 Å². The Kier molecular flexibility index (Phi) is 8.02.